The molecule has 4 aromatic rings. The number of fused-ring (bicyclic) bond motifs is 1. The summed E-state index contributed by atoms with van der Waals surface area (Å²) in [5.74, 6) is -0.328. The van der Waals surface area contributed by atoms with Gasteiger partial charge >= 0.3 is 6.03 Å². The highest BCUT2D eigenvalue weighted by atomic mass is 32.1. The third kappa shape index (κ3) is 3.51. The SMILES string of the molecule is CC1(c2cccc3ccccc23)NC(=O)N(CC(=O)N2N=C(c3ccco3)CC2c2cccs2)C1=O. The summed E-state index contributed by atoms with van der Waals surface area (Å²) in [6, 6.07) is 19.8. The summed E-state index contributed by atoms with van der Waals surface area (Å²) < 4.78 is 5.50. The summed E-state index contributed by atoms with van der Waals surface area (Å²) in [5, 5.41) is 12.5. The van der Waals surface area contributed by atoms with Crippen molar-refractivity contribution in [2.45, 2.75) is 24.9 Å². The lowest BCUT2D eigenvalue weighted by Crippen LogP contribution is -2.43. The van der Waals surface area contributed by atoms with Crippen LogP contribution in [0.5, 0.6) is 0 Å². The van der Waals surface area contributed by atoms with Gasteiger partial charge in [-0.3, -0.25) is 14.5 Å². The number of carbonyl (C=O) groups excluding carboxylic acids is 3. The Kier molecular flexibility index (Phi) is 5.22. The van der Waals surface area contributed by atoms with Crippen LogP contribution in [0.25, 0.3) is 10.8 Å². The molecule has 1 fully saturated rings. The van der Waals surface area contributed by atoms with Crippen LogP contribution in [0.15, 0.2) is 87.9 Å². The van der Waals surface area contributed by atoms with Crippen LogP contribution in [-0.4, -0.2) is 40.0 Å². The molecular formula is C27H22N4O4S. The van der Waals surface area contributed by atoms with Crippen LogP contribution in [0.3, 0.4) is 0 Å². The minimum absolute atomic E-state index is 0.331. The molecule has 2 atom stereocenters. The number of carbonyl (C=O) groups is 3. The predicted octanol–water partition coefficient (Wildman–Crippen LogP) is 4.64. The van der Waals surface area contributed by atoms with Gasteiger partial charge in [0.15, 0.2) is 0 Å². The van der Waals surface area contributed by atoms with Gasteiger partial charge in [-0.1, -0.05) is 48.5 Å². The third-order valence-electron chi connectivity index (χ3n) is 6.74. The van der Waals surface area contributed by atoms with E-state index in [2.05, 4.69) is 10.4 Å². The zero-order chi connectivity index (χ0) is 24.9. The van der Waals surface area contributed by atoms with E-state index >= 15 is 0 Å². The number of nitrogens with zero attached hydrogens (tertiary/aromatic N) is 3. The average Bonchev–Trinajstić information content (AvgIpc) is 3.69. The number of amides is 4. The Hall–Kier alpha value is -4.24. The summed E-state index contributed by atoms with van der Waals surface area (Å²) in [6.45, 7) is 1.26. The third-order valence-corrected chi connectivity index (χ3v) is 7.71. The molecule has 2 aromatic carbocycles. The van der Waals surface area contributed by atoms with Crippen LogP contribution >= 0.6 is 11.3 Å². The molecule has 180 valence electrons. The first kappa shape index (κ1) is 22.2. The highest BCUT2D eigenvalue weighted by molar-refractivity contribution is 7.10. The summed E-state index contributed by atoms with van der Waals surface area (Å²) in [5.41, 5.74) is 0.0353. The molecule has 0 aliphatic carbocycles. The number of hydrogen-bond acceptors (Lipinski definition) is 6. The quantitative estimate of drug-likeness (QED) is 0.406. The second-order valence-electron chi connectivity index (χ2n) is 8.97. The first-order valence-corrected chi connectivity index (χ1v) is 12.4. The average molecular weight is 499 g/mol. The van der Waals surface area contributed by atoms with Crippen LogP contribution in [0.2, 0.25) is 0 Å². The van der Waals surface area contributed by atoms with Gasteiger partial charge in [-0.2, -0.15) is 5.10 Å². The number of benzene rings is 2. The van der Waals surface area contributed by atoms with E-state index in [1.165, 1.54) is 16.3 Å². The molecule has 2 aromatic heterocycles. The first-order chi connectivity index (χ1) is 17.5. The fourth-order valence-corrected chi connectivity index (χ4v) is 5.74. The Labute approximate surface area is 210 Å². The van der Waals surface area contributed by atoms with Crippen LogP contribution in [0, 0.1) is 0 Å². The molecule has 1 N–H and O–H groups in total. The zero-order valence-electron chi connectivity index (χ0n) is 19.4. The van der Waals surface area contributed by atoms with Crippen molar-refractivity contribution >= 4 is 45.7 Å². The zero-order valence-corrected chi connectivity index (χ0v) is 20.2. The van der Waals surface area contributed by atoms with Crippen molar-refractivity contribution in [3.05, 3.63) is 94.6 Å². The fourth-order valence-electron chi connectivity index (χ4n) is 4.93. The molecular weight excluding hydrogens is 476 g/mol. The van der Waals surface area contributed by atoms with Crippen molar-refractivity contribution in [1.29, 1.82) is 0 Å². The van der Waals surface area contributed by atoms with Crippen molar-refractivity contribution < 1.29 is 18.8 Å². The number of hydrazone groups is 1. The van der Waals surface area contributed by atoms with E-state index in [0.29, 0.717) is 23.5 Å². The van der Waals surface area contributed by atoms with Gasteiger partial charge in [0.2, 0.25) is 0 Å². The Morgan fingerprint density at radius 1 is 1.11 bits per heavy atom. The van der Waals surface area contributed by atoms with Crippen LogP contribution < -0.4 is 5.32 Å². The maximum atomic E-state index is 13.6. The normalized spacial score (nSPS) is 21.8. The first-order valence-electron chi connectivity index (χ1n) is 11.5. The van der Waals surface area contributed by atoms with Crippen molar-refractivity contribution in [2.75, 3.05) is 6.54 Å². The van der Waals surface area contributed by atoms with Gasteiger partial charge in [-0.25, -0.2) is 9.80 Å². The predicted molar refractivity (Wildman–Crippen MR) is 135 cm³/mol. The van der Waals surface area contributed by atoms with Gasteiger partial charge in [0, 0.05) is 11.3 Å². The second kappa shape index (κ2) is 8.46. The highest BCUT2D eigenvalue weighted by Gasteiger charge is 2.51. The van der Waals surface area contributed by atoms with Gasteiger partial charge < -0.3 is 9.73 Å². The molecule has 8 nitrogen and oxygen atoms in total. The van der Waals surface area contributed by atoms with Crippen molar-refractivity contribution in [2.24, 2.45) is 5.10 Å². The fraction of sp³-hybridized carbons (Fsp3) is 0.185. The molecule has 2 unspecified atom stereocenters. The lowest BCUT2D eigenvalue weighted by molar-refractivity contribution is -0.139. The molecule has 9 heteroatoms. The van der Waals surface area contributed by atoms with Gasteiger partial charge in [0.25, 0.3) is 11.8 Å². The van der Waals surface area contributed by atoms with Gasteiger partial charge in [-0.05, 0) is 46.8 Å². The smallest absolute Gasteiger partial charge is 0.325 e. The molecule has 0 saturated carbocycles. The number of furan rings is 1. The van der Waals surface area contributed by atoms with Gasteiger partial charge in [-0.15, -0.1) is 11.3 Å². The Morgan fingerprint density at radius 2 is 1.94 bits per heavy atom. The molecule has 36 heavy (non-hydrogen) atoms. The minimum atomic E-state index is -1.29. The summed E-state index contributed by atoms with van der Waals surface area (Å²) in [7, 11) is 0. The van der Waals surface area contributed by atoms with Crippen molar-refractivity contribution in [3.63, 3.8) is 0 Å². The molecule has 4 amide bonds. The summed E-state index contributed by atoms with van der Waals surface area (Å²) in [4.78, 5) is 42.1. The lowest BCUT2D eigenvalue weighted by atomic mass is 9.88. The van der Waals surface area contributed by atoms with E-state index in [1.807, 2.05) is 60.0 Å². The monoisotopic (exact) mass is 498 g/mol. The number of imide groups is 1. The summed E-state index contributed by atoms with van der Waals surface area (Å²) in [6.07, 6.45) is 2.04. The topological polar surface area (TPSA) is 95.2 Å². The van der Waals surface area contributed by atoms with Crippen molar-refractivity contribution in [1.82, 2.24) is 15.2 Å². The number of thiophene rings is 1. The number of nitrogens with one attached hydrogen (secondary N) is 1. The Bertz CT molecular complexity index is 1510. The van der Waals surface area contributed by atoms with E-state index in [0.717, 1.165) is 20.5 Å². The minimum Gasteiger partial charge on any atom is -0.463 e. The second-order valence-corrected chi connectivity index (χ2v) is 9.95. The molecule has 0 bridgehead atoms. The van der Waals surface area contributed by atoms with E-state index in [9.17, 15) is 14.4 Å². The van der Waals surface area contributed by atoms with E-state index in [1.54, 1.807) is 25.3 Å². The maximum Gasteiger partial charge on any atom is 0.325 e. The van der Waals surface area contributed by atoms with Gasteiger partial charge in [0.1, 0.15) is 23.6 Å². The Balaban J connectivity index is 1.30. The largest absolute Gasteiger partial charge is 0.463 e. The van der Waals surface area contributed by atoms with E-state index in [4.69, 9.17) is 4.42 Å². The Morgan fingerprint density at radius 3 is 2.72 bits per heavy atom. The summed E-state index contributed by atoms with van der Waals surface area (Å²) >= 11 is 1.52. The standard InChI is InChI=1S/C27H22N4O4S/c1-27(19-10-4-8-17-7-2-3-9-18(17)19)25(33)30(26(34)28-27)16-24(32)31-21(23-12-6-14-36-23)15-20(29-31)22-11-5-13-35-22/h2-14,21H,15-16H2,1H3,(H,28,34). The van der Waals surface area contributed by atoms with E-state index in [-0.39, 0.29) is 6.04 Å². The lowest BCUT2D eigenvalue weighted by Gasteiger charge is -2.25. The molecule has 6 rings (SSSR count). The molecule has 4 heterocycles. The van der Waals surface area contributed by atoms with Crippen molar-refractivity contribution in [3.8, 4) is 0 Å². The number of rotatable bonds is 5. The molecule has 0 spiro atoms. The molecule has 0 radical (unpaired) electrons. The van der Waals surface area contributed by atoms with Crippen LogP contribution in [-0.2, 0) is 15.1 Å². The number of urea groups is 1. The number of hydrogen-bond donors (Lipinski definition) is 1. The van der Waals surface area contributed by atoms with Crippen LogP contribution in [0.1, 0.15) is 35.6 Å². The maximum absolute atomic E-state index is 13.6. The highest BCUT2D eigenvalue weighted by Crippen LogP contribution is 2.37. The van der Waals surface area contributed by atoms with Gasteiger partial charge in [0.05, 0.1) is 12.3 Å². The van der Waals surface area contributed by atoms with E-state index < -0.39 is 29.9 Å². The molecule has 1 saturated heterocycles. The molecule has 2 aliphatic heterocycles. The van der Waals surface area contributed by atoms with Crippen LogP contribution in [0.4, 0.5) is 4.79 Å². The molecule has 2 aliphatic rings.